The molecule has 2 aromatic rings. The van der Waals surface area contributed by atoms with E-state index >= 15 is 0 Å². The fraction of sp³-hybridized carbons (Fsp3) is 0.286. The predicted molar refractivity (Wildman–Crippen MR) is 68.7 cm³/mol. The molecule has 0 aliphatic rings. The summed E-state index contributed by atoms with van der Waals surface area (Å²) < 4.78 is 13.1. The van der Waals surface area contributed by atoms with E-state index in [-0.39, 0.29) is 11.9 Å². The van der Waals surface area contributed by atoms with Crippen LogP contribution >= 0.6 is 0 Å². The quantitative estimate of drug-likeness (QED) is 0.899. The number of hydrogen-bond acceptors (Lipinski definition) is 3. The van der Waals surface area contributed by atoms with Crippen LogP contribution in [-0.2, 0) is 6.42 Å². The van der Waals surface area contributed by atoms with Crippen molar-refractivity contribution in [3.05, 3.63) is 59.4 Å². The van der Waals surface area contributed by atoms with Gasteiger partial charge in [0.2, 0.25) is 0 Å². The van der Waals surface area contributed by atoms with E-state index in [1.807, 2.05) is 20.0 Å². The van der Waals surface area contributed by atoms with Gasteiger partial charge in [0.25, 0.3) is 0 Å². The number of nitrogens with zero attached hydrogens (tertiary/aromatic N) is 2. The Bertz CT molecular complexity index is 514. The molecule has 0 fully saturated rings. The minimum absolute atomic E-state index is 0.0860. The van der Waals surface area contributed by atoms with Crippen molar-refractivity contribution in [1.29, 1.82) is 0 Å². The Morgan fingerprint density at radius 2 is 2.17 bits per heavy atom. The van der Waals surface area contributed by atoms with Crippen molar-refractivity contribution in [3.63, 3.8) is 0 Å². The first-order chi connectivity index (χ1) is 8.70. The van der Waals surface area contributed by atoms with E-state index in [9.17, 15) is 4.39 Å². The number of hydrogen-bond donors (Lipinski definition) is 1. The SMILES string of the molecule is CNC(Cc1ccc(F)cc1C)c1cnccn1. The lowest BCUT2D eigenvalue weighted by atomic mass is 9.99. The molecule has 1 heterocycles. The van der Waals surface area contributed by atoms with E-state index in [2.05, 4.69) is 15.3 Å². The topological polar surface area (TPSA) is 37.8 Å². The highest BCUT2D eigenvalue weighted by Crippen LogP contribution is 2.18. The highest BCUT2D eigenvalue weighted by Gasteiger charge is 2.13. The van der Waals surface area contributed by atoms with Crippen LogP contribution in [0.5, 0.6) is 0 Å². The normalized spacial score (nSPS) is 12.4. The van der Waals surface area contributed by atoms with Gasteiger partial charge in [-0.3, -0.25) is 9.97 Å². The number of rotatable bonds is 4. The fourth-order valence-corrected chi connectivity index (χ4v) is 1.95. The van der Waals surface area contributed by atoms with E-state index in [1.165, 1.54) is 6.07 Å². The van der Waals surface area contributed by atoms with Gasteiger partial charge in [0.1, 0.15) is 5.82 Å². The standard InChI is InChI=1S/C14H16FN3/c1-10-7-12(15)4-3-11(10)8-13(16-2)14-9-17-5-6-18-14/h3-7,9,13,16H,8H2,1-2H3. The average Bonchev–Trinajstić information content (AvgIpc) is 2.39. The number of nitrogens with one attached hydrogen (secondary N) is 1. The zero-order valence-corrected chi connectivity index (χ0v) is 10.5. The summed E-state index contributed by atoms with van der Waals surface area (Å²) in [6.45, 7) is 1.92. The zero-order chi connectivity index (χ0) is 13.0. The average molecular weight is 245 g/mol. The van der Waals surface area contributed by atoms with Crippen molar-refractivity contribution in [2.24, 2.45) is 0 Å². The Morgan fingerprint density at radius 1 is 1.33 bits per heavy atom. The van der Waals surface area contributed by atoms with Crippen molar-refractivity contribution in [2.45, 2.75) is 19.4 Å². The summed E-state index contributed by atoms with van der Waals surface area (Å²) in [5.74, 6) is -0.197. The minimum atomic E-state index is -0.197. The number of aryl methyl sites for hydroxylation is 1. The lowest BCUT2D eigenvalue weighted by Crippen LogP contribution is -2.20. The Kier molecular flexibility index (Phi) is 3.99. The Labute approximate surface area is 106 Å². The van der Waals surface area contributed by atoms with Crippen molar-refractivity contribution in [3.8, 4) is 0 Å². The van der Waals surface area contributed by atoms with Crippen LogP contribution in [0.3, 0.4) is 0 Å². The van der Waals surface area contributed by atoms with Gasteiger partial charge in [-0.25, -0.2) is 4.39 Å². The first-order valence-corrected chi connectivity index (χ1v) is 5.89. The molecule has 1 atom stereocenters. The first kappa shape index (κ1) is 12.6. The molecular formula is C14H16FN3. The van der Waals surface area contributed by atoms with Gasteiger partial charge in [0.05, 0.1) is 11.7 Å². The molecule has 18 heavy (non-hydrogen) atoms. The summed E-state index contributed by atoms with van der Waals surface area (Å²) in [4.78, 5) is 8.36. The first-order valence-electron chi connectivity index (χ1n) is 5.89. The van der Waals surface area contributed by atoms with Crippen LogP contribution in [-0.4, -0.2) is 17.0 Å². The highest BCUT2D eigenvalue weighted by atomic mass is 19.1. The van der Waals surface area contributed by atoms with Crippen molar-refractivity contribution >= 4 is 0 Å². The van der Waals surface area contributed by atoms with Crippen LogP contribution in [0.2, 0.25) is 0 Å². The fourth-order valence-electron chi connectivity index (χ4n) is 1.95. The summed E-state index contributed by atoms with van der Waals surface area (Å²) in [5.41, 5.74) is 2.96. The summed E-state index contributed by atoms with van der Waals surface area (Å²) in [6.07, 6.45) is 5.85. The third-order valence-corrected chi connectivity index (χ3v) is 3.02. The lowest BCUT2D eigenvalue weighted by molar-refractivity contribution is 0.569. The van der Waals surface area contributed by atoms with Gasteiger partial charge in [-0.2, -0.15) is 0 Å². The molecule has 0 spiro atoms. The molecule has 1 aromatic carbocycles. The lowest BCUT2D eigenvalue weighted by Gasteiger charge is -2.16. The second-order valence-corrected chi connectivity index (χ2v) is 4.25. The van der Waals surface area contributed by atoms with Crippen molar-refractivity contribution in [2.75, 3.05) is 7.05 Å². The van der Waals surface area contributed by atoms with Gasteiger partial charge in [-0.05, 0) is 43.7 Å². The second-order valence-electron chi connectivity index (χ2n) is 4.25. The van der Waals surface area contributed by atoms with Gasteiger partial charge in [-0.15, -0.1) is 0 Å². The molecule has 0 radical (unpaired) electrons. The second kappa shape index (κ2) is 5.69. The molecule has 0 saturated heterocycles. The molecule has 0 bridgehead atoms. The summed E-state index contributed by atoms with van der Waals surface area (Å²) >= 11 is 0. The molecule has 94 valence electrons. The minimum Gasteiger partial charge on any atom is -0.311 e. The largest absolute Gasteiger partial charge is 0.311 e. The van der Waals surface area contributed by atoms with Gasteiger partial charge >= 0.3 is 0 Å². The molecule has 1 N–H and O–H groups in total. The Hall–Kier alpha value is -1.81. The molecular weight excluding hydrogens is 229 g/mol. The van der Waals surface area contributed by atoms with Crippen molar-refractivity contribution < 1.29 is 4.39 Å². The maximum Gasteiger partial charge on any atom is 0.123 e. The molecule has 0 aliphatic carbocycles. The van der Waals surface area contributed by atoms with E-state index in [0.29, 0.717) is 0 Å². The van der Waals surface area contributed by atoms with Gasteiger partial charge < -0.3 is 5.32 Å². The third kappa shape index (κ3) is 2.90. The van der Waals surface area contributed by atoms with Crippen molar-refractivity contribution in [1.82, 2.24) is 15.3 Å². The molecule has 1 aromatic heterocycles. The maximum atomic E-state index is 13.1. The summed E-state index contributed by atoms with van der Waals surface area (Å²) in [5, 5.41) is 3.21. The monoisotopic (exact) mass is 245 g/mol. The maximum absolute atomic E-state index is 13.1. The Morgan fingerprint density at radius 3 is 2.78 bits per heavy atom. The number of likely N-dealkylation sites (N-methyl/N-ethyl adjacent to an activating group) is 1. The van der Waals surface area contributed by atoms with Gasteiger partial charge in [-0.1, -0.05) is 6.07 Å². The van der Waals surface area contributed by atoms with E-state index < -0.39 is 0 Å². The highest BCUT2D eigenvalue weighted by molar-refractivity contribution is 5.28. The molecule has 0 saturated carbocycles. The van der Waals surface area contributed by atoms with E-state index in [0.717, 1.165) is 23.2 Å². The molecule has 3 nitrogen and oxygen atoms in total. The van der Waals surface area contributed by atoms with E-state index in [4.69, 9.17) is 0 Å². The van der Waals surface area contributed by atoms with Crippen LogP contribution in [0.15, 0.2) is 36.8 Å². The number of aromatic nitrogens is 2. The van der Waals surface area contributed by atoms with Gasteiger partial charge in [0, 0.05) is 18.6 Å². The smallest absolute Gasteiger partial charge is 0.123 e. The molecule has 4 heteroatoms. The summed E-state index contributed by atoms with van der Waals surface area (Å²) in [6, 6.07) is 4.96. The molecule has 2 rings (SSSR count). The molecule has 1 unspecified atom stereocenters. The zero-order valence-electron chi connectivity index (χ0n) is 10.5. The van der Waals surface area contributed by atoms with Gasteiger partial charge in [0.15, 0.2) is 0 Å². The predicted octanol–water partition coefficient (Wildman–Crippen LogP) is 2.43. The number of benzene rings is 1. The van der Waals surface area contributed by atoms with Crippen LogP contribution in [0, 0.1) is 12.7 Å². The van der Waals surface area contributed by atoms with E-state index in [1.54, 1.807) is 24.7 Å². The van der Waals surface area contributed by atoms with Crippen LogP contribution in [0.1, 0.15) is 22.9 Å². The third-order valence-electron chi connectivity index (χ3n) is 3.02. The number of halogens is 1. The van der Waals surface area contributed by atoms with Crippen LogP contribution in [0.25, 0.3) is 0 Å². The van der Waals surface area contributed by atoms with Crippen LogP contribution in [0.4, 0.5) is 4.39 Å². The Balaban J connectivity index is 2.21. The summed E-state index contributed by atoms with van der Waals surface area (Å²) in [7, 11) is 1.89. The van der Waals surface area contributed by atoms with Crippen LogP contribution < -0.4 is 5.32 Å². The molecule has 0 aliphatic heterocycles. The molecule has 0 amide bonds.